The van der Waals surface area contributed by atoms with E-state index in [-0.39, 0.29) is 6.10 Å². The van der Waals surface area contributed by atoms with Gasteiger partial charge >= 0.3 is 0 Å². The van der Waals surface area contributed by atoms with Crippen LogP contribution in [0.3, 0.4) is 0 Å². The zero-order valence-corrected chi connectivity index (χ0v) is 11.5. The lowest BCUT2D eigenvalue weighted by molar-refractivity contribution is 0.0297. The number of aromatic nitrogens is 2. The van der Waals surface area contributed by atoms with Crippen molar-refractivity contribution in [3.05, 3.63) is 54.5 Å². The van der Waals surface area contributed by atoms with Crippen molar-refractivity contribution in [2.45, 2.75) is 25.6 Å². The van der Waals surface area contributed by atoms with Gasteiger partial charge < -0.3 is 9.64 Å². The highest BCUT2D eigenvalue weighted by Crippen LogP contribution is 2.19. The predicted octanol–water partition coefficient (Wildman–Crippen LogP) is 2.66. The molecule has 0 bridgehead atoms. The van der Waals surface area contributed by atoms with Gasteiger partial charge in [-0.3, -0.25) is 4.98 Å². The zero-order chi connectivity index (χ0) is 13.6. The first-order valence-electron chi connectivity index (χ1n) is 7.09. The first-order chi connectivity index (χ1) is 9.92. The standard InChI is InChI=1S/C16H19N3O/c1-3-9-17-14(6-1)13-20-15-7-5-11-19(12-15)16-8-2-4-10-18-16/h1-4,6,8-10,15H,5,7,11-13H2. The number of hydrogen-bond acceptors (Lipinski definition) is 4. The van der Waals surface area contributed by atoms with Crippen LogP contribution < -0.4 is 4.90 Å². The molecule has 0 radical (unpaired) electrons. The van der Waals surface area contributed by atoms with Crippen molar-refractivity contribution in [1.82, 2.24) is 9.97 Å². The Morgan fingerprint density at radius 1 is 1.10 bits per heavy atom. The molecule has 3 heterocycles. The first kappa shape index (κ1) is 13.1. The Hall–Kier alpha value is -1.94. The highest BCUT2D eigenvalue weighted by Gasteiger charge is 2.21. The fourth-order valence-electron chi connectivity index (χ4n) is 2.51. The molecule has 0 aromatic carbocycles. The van der Waals surface area contributed by atoms with Crippen molar-refractivity contribution in [2.75, 3.05) is 18.0 Å². The van der Waals surface area contributed by atoms with E-state index >= 15 is 0 Å². The van der Waals surface area contributed by atoms with Crippen molar-refractivity contribution >= 4 is 5.82 Å². The molecule has 0 spiro atoms. The van der Waals surface area contributed by atoms with Crippen LogP contribution in [0.1, 0.15) is 18.5 Å². The van der Waals surface area contributed by atoms with Gasteiger partial charge in [0.05, 0.1) is 18.4 Å². The monoisotopic (exact) mass is 269 g/mol. The average molecular weight is 269 g/mol. The third kappa shape index (κ3) is 3.33. The Morgan fingerprint density at radius 2 is 1.95 bits per heavy atom. The molecule has 104 valence electrons. The maximum Gasteiger partial charge on any atom is 0.128 e. The summed E-state index contributed by atoms with van der Waals surface area (Å²) in [5, 5.41) is 0. The summed E-state index contributed by atoms with van der Waals surface area (Å²) in [5.74, 6) is 1.04. The van der Waals surface area contributed by atoms with Gasteiger partial charge in [-0.1, -0.05) is 12.1 Å². The molecule has 1 unspecified atom stereocenters. The number of rotatable bonds is 4. The second-order valence-electron chi connectivity index (χ2n) is 5.03. The molecule has 1 aliphatic heterocycles. The van der Waals surface area contributed by atoms with Gasteiger partial charge in [0.25, 0.3) is 0 Å². The number of hydrogen-bond donors (Lipinski definition) is 0. The number of pyridine rings is 2. The fourth-order valence-corrected chi connectivity index (χ4v) is 2.51. The molecular weight excluding hydrogens is 250 g/mol. The largest absolute Gasteiger partial charge is 0.370 e. The maximum atomic E-state index is 5.99. The molecule has 0 N–H and O–H groups in total. The van der Waals surface area contributed by atoms with Gasteiger partial charge in [0.15, 0.2) is 0 Å². The predicted molar refractivity (Wildman–Crippen MR) is 78.5 cm³/mol. The highest BCUT2D eigenvalue weighted by atomic mass is 16.5. The molecule has 1 aliphatic rings. The number of nitrogens with zero attached hydrogens (tertiary/aromatic N) is 3. The molecule has 2 aromatic heterocycles. The molecule has 0 amide bonds. The van der Waals surface area contributed by atoms with Gasteiger partial charge in [0, 0.05) is 25.5 Å². The van der Waals surface area contributed by atoms with E-state index in [1.54, 1.807) is 6.20 Å². The summed E-state index contributed by atoms with van der Waals surface area (Å²) < 4.78 is 5.99. The van der Waals surface area contributed by atoms with Crippen LogP contribution in [0.2, 0.25) is 0 Å². The van der Waals surface area contributed by atoms with Gasteiger partial charge in [0.2, 0.25) is 0 Å². The van der Waals surface area contributed by atoms with E-state index in [4.69, 9.17) is 4.74 Å². The summed E-state index contributed by atoms with van der Waals surface area (Å²) in [6, 6.07) is 11.9. The third-order valence-electron chi connectivity index (χ3n) is 3.54. The Labute approximate surface area is 119 Å². The van der Waals surface area contributed by atoms with E-state index in [0.29, 0.717) is 6.61 Å². The van der Waals surface area contributed by atoms with E-state index in [9.17, 15) is 0 Å². The zero-order valence-electron chi connectivity index (χ0n) is 11.5. The van der Waals surface area contributed by atoms with Crippen LogP contribution in [-0.2, 0) is 11.3 Å². The summed E-state index contributed by atoms with van der Waals surface area (Å²) in [6.07, 6.45) is 6.15. The van der Waals surface area contributed by atoms with Crippen molar-refractivity contribution in [1.29, 1.82) is 0 Å². The Kier molecular flexibility index (Phi) is 4.23. The lowest BCUT2D eigenvalue weighted by atomic mass is 10.1. The van der Waals surface area contributed by atoms with Gasteiger partial charge in [-0.15, -0.1) is 0 Å². The second kappa shape index (κ2) is 6.48. The molecule has 4 heteroatoms. The fraction of sp³-hybridized carbons (Fsp3) is 0.375. The summed E-state index contributed by atoms with van der Waals surface area (Å²) in [4.78, 5) is 11.0. The molecule has 0 aliphatic carbocycles. The van der Waals surface area contributed by atoms with Crippen LogP contribution in [0.25, 0.3) is 0 Å². The van der Waals surface area contributed by atoms with Gasteiger partial charge in [-0.25, -0.2) is 4.98 Å². The molecule has 4 nitrogen and oxygen atoms in total. The van der Waals surface area contributed by atoms with Crippen LogP contribution in [0, 0.1) is 0 Å². The average Bonchev–Trinajstić information content (AvgIpc) is 2.55. The Bertz CT molecular complexity index is 518. The summed E-state index contributed by atoms with van der Waals surface area (Å²) in [7, 11) is 0. The Morgan fingerprint density at radius 3 is 2.70 bits per heavy atom. The molecule has 0 saturated carbocycles. The molecular formula is C16H19N3O. The van der Waals surface area contributed by atoms with E-state index in [1.165, 1.54) is 0 Å². The normalized spacial score (nSPS) is 19.0. The summed E-state index contributed by atoms with van der Waals surface area (Å²) >= 11 is 0. The minimum atomic E-state index is 0.257. The minimum Gasteiger partial charge on any atom is -0.370 e. The van der Waals surface area contributed by atoms with Crippen LogP contribution in [0.4, 0.5) is 5.82 Å². The minimum absolute atomic E-state index is 0.257. The molecule has 20 heavy (non-hydrogen) atoms. The molecule has 2 aromatic rings. The maximum absolute atomic E-state index is 5.99. The summed E-state index contributed by atoms with van der Waals surface area (Å²) in [6.45, 7) is 2.55. The first-order valence-corrected chi connectivity index (χ1v) is 7.09. The van der Waals surface area contributed by atoms with E-state index in [2.05, 4.69) is 20.9 Å². The second-order valence-corrected chi connectivity index (χ2v) is 5.03. The van der Waals surface area contributed by atoms with Crippen LogP contribution in [0.5, 0.6) is 0 Å². The van der Waals surface area contributed by atoms with Crippen LogP contribution >= 0.6 is 0 Å². The van der Waals surface area contributed by atoms with Gasteiger partial charge in [0.1, 0.15) is 5.82 Å². The quantitative estimate of drug-likeness (QED) is 0.855. The Balaban J connectivity index is 1.56. The van der Waals surface area contributed by atoms with Crippen molar-refractivity contribution in [3.63, 3.8) is 0 Å². The van der Waals surface area contributed by atoms with Crippen molar-refractivity contribution in [2.24, 2.45) is 0 Å². The third-order valence-corrected chi connectivity index (χ3v) is 3.54. The van der Waals surface area contributed by atoms with E-state index in [0.717, 1.165) is 37.4 Å². The smallest absolute Gasteiger partial charge is 0.128 e. The topological polar surface area (TPSA) is 38.2 Å². The SMILES string of the molecule is c1ccc(COC2CCCN(c3ccccn3)C2)nc1. The van der Waals surface area contributed by atoms with Gasteiger partial charge in [-0.05, 0) is 37.1 Å². The van der Waals surface area contributed by atoms with Crippen molar-refractivity contribution in [3.8, 4) is 0 Å². The number of piperidine rings is 1. The number of ether oxygens (including phenoxy) is 1. The van der Waals surface area contributed by atoms with E-state index in [1.807, 2.05) is 36.5 Å². The molecule has 1 fully saturated rings. The van der Waals surface area contributed by atoms with Gasteiger partial charge in [-0.2, -0.15) is 0 Å². The molecule has 1 atom stereocenters. The molecule has 1 saturated heterocycles. The summed E-state index contributed by atoms with van der Waals surface area (Å²) in [5.41, 5.74) is 0.988. The number of anilines is 1. The van der Waals surface area contributed by atoms with Crippen LogP contribution in [-0.4, -0.2) is 29.2 Å². The van der Waals surface area contributed by atoms with Crippen molar-refractivity contribution < 1.29 is 4.74 Å². The highest BCUT2D eigenvalue weighted by molar-refractivity contribution is 5.38. The lowest BCUT2D eigenvalue weighted by Crippen LogP contribution is -2.40. The van der Waals surface area contributed by atoms with E-state index < -0.39 is 0 Å². The lowest BCUT2D eigenvalue weighted by Gasteiger charge is -2.33. The van der Waals surface area contributed by atoms with Crippen LogP contribution in [0.15, 0.2) is 48.8 Å². The molecule has 3 rings (SSSR count).